The van der Waals surface area contributed by atoms with Crippen LogP contribution >= 0.6 is 0 Å². The quantitative estimate of drug-likeness (QED) is 0.527. The molecule has 0 saturated carbocycles. The predicted octanol–water partition coefficient (Wildman–Crippen LogP) is 1.93. The van der Waals surface area contributed by atoms with Gasteiger partial charge >= 0.3 is 0 Å². The van der Waals surface area contributed by atoms with E-state index in [1.54, 1.807) is 17.0 Å². The second kappa shape index (κ2) is 12.6. The molecule has 198 valence electrons. The summed E-state index contributed by atoms with van der Waals surface area (Å²) in [5.41, 5.74) is 1.30. The molecular weight excluding hydrogens is 465 g/mol. The van der Waals surface area contributed by atoms with Gasteiger partial charge in [-0.1, -0.05) is 13.8 Å². The molecule has 10 heteroatoms. The van der Waals surface area contributed by atoms with Crippen LogP contribution in [0.4, 0.5) is 10.1 Å². The summed E-state index contributed by atoms with van der Waals surface area (Å²) in [5.74, 6) is 0.628. The smallest absolute Gasteiger partial charge is 0.275 e. The SMILES string of the molecule is CC(C)COC[C@@H](O)CN1CCN(Cc2nc(C(=O)N3CCN(c4ccc(F)cc4)CC3)co2)CC1. The van der Waals surface area contributed by atoms with E-state index in [2.05, 4.69) is 33.5 Å². The second-order valence-corrected chi connectivity index (χ2v) is 10.0. The third kappa shape index (κ3) is 7.49. The van der Waals surface area contributed by atoms with Crippen molar-refractivity contribution < 1.29 is 23.4 Å². The average molecular weight is 504 g/mol. The number of rotatable bonds is 10. The van der Waals surface area contributed by atoms with E-state index in [1.807, 2.05) is 0 Å². The van der Waals surface area contributed by atoms with Gasteiger partial charge < -0.3 is 24.1 Å². The molecule has 1 aromatic carbocycles. The molecule has 1 N–H and O–H groups in total. The highest BCUT2D eigenvalue weighted by atomic mass is 19.1. The average Bonchev–Trinajstić information content (AvgIpc) is 3.33. The lowest BCUT2D eigenvalue weighted by Gasteiger charge is -2.35. The van der Waals surface area contributed by atoms with Gasteiger partial charge in [-0.05, 0) is 30.2 Å². The summed E-state index contributed by atoms with van der Waals surface area (Å²) in [5, 5.41) is 10.2. The molecule has 0 radical (unpaired) electrons. The number of halogens is 1. The van der Waals surface area contributed by atoms with E-state index in [9.17, 15) is 14.3 Å². The van der Waals surface area contributed by atoms with Crippen LogP contribution in [-0.4, -0.2) is 109 Å². The number of nitrogens with zero attached hydrogens (tertiary/aromatic N) is 5. The minimum Gasteiger partial charge on any atom is -0.447 e. The van der Waals surface area contributed by atoms with Crippen LogP contribution in [0.3, 0.4) is 0 Å². The van der Waals surface area contributed by atoms with E-state index in [0.717, 1.165) is 31.9 Å². The number of carbonyl (C=O) groups excluding carboxylic acids is 1. The number of piperazine rings is 2. The molecule has 1 atom stereocenters. The fraction of sp³-hybridized carbons (Fsp3) is 0.615. The summed E-state index contributed by atoms with van der Waals surface area (Å²) in [6.45, 7) is 12.3. The van der Waals surface area contributed by atoms with Crippen LogP contribution < -0.4 is 4.90 Å². The lowest BCUT2D eigenvalue weighted by molar-refractivity contribution is -0.000850. The van der Waals surface area contributed by atoms with Crippen molar-refractivity contribution >= 4 is 11.6 Å². The zero-order valence-corrected chi connectivity index (χ0v) is 21.3. The number of aromatic nitrogens is 1. The summed E-state index contributed by atoms with van der Waals surface area (Å²) in [7, 11) is 0. The van der Waals surface area contributed by atoms with Crippen LogP contribution in [0.1, 0.15) is 30.2 Å². The Balaban J connectivity index is 1.18. The van der Waals surface area contributed by atoms with Gasteiger partial charge in [0.1, 0.15) is 12.1 Å². The first kappa shape index (κ1) is 26.5. The zero-order chi connectivity index (χ0) is 25.5. The first-order valence-electron chi connectivity index (χ1n) is 12.8. The Labute approximate surface area is 212 Å². The maximum Gasteiger partial charge on any atom is 0.275 e. The van der Waals surface area contributed by atoms with Gasteiger partial charge in [-0.3, -0.25) is 14.6 Å². The van der Waals surface area contributed by atoms with Crippen molar-refractivity contribution in [1.29, 1.82) is 0 Å². The zero-order valence-electron chi connectivity index (χ0n) is 21.3. The third-order valence-electron chi connectivity index (χ3n) is 6.58. The van der Waals surface area contributed by atoms with Crippen molar-refractivity contribution in [3.63, 3.8) is 0 Å². The number of hydrogen-bond acceptors (Lipinski definition) is 8. The Morgan fingerprint density at radius 3 is 2.36 bits per heavy atom. The van der Waals surface area contributed by atoms with Gasteiger partial charge in [-0.15, -0.1) is 0 Å². The first-order valence-corrected chi connectivity index (χ1v) is 12.8. The first-order chi connectivity index (χ1) is 17.4. The number of aliphatic hydroxyl groups is 1. The van der Waals surface area contributed by atoms with Crippen LogP contribution in [0, 0.1) is 11.7 Å². The molecule has 2 aliphatic heterocycles. The largest absolute Gasteiger partial charge is 0.447 e. The van der Waals surface area contributed by atoms with Crippen LogP contribution in [0.5, 0.6) is 0 Å². The van der Waals surface area contributed by atoms with Crippen molar-refractivity contribution in [1.82, 2.24) is 19.7 Å². The molecule has 0 aliphatic carbocycles. The minimum atomic E-state index is -0.479. The van der Waals surface area contributed by atoms with Crippen LogP contribution in [0.25, 0.3) is 0 Å². The van der Waals surface area contributed by atoms with E-state index in [1.165, 1.54) is 18.4 Å². The number of oxazole rings is 1. The van der Waals surface area contributed by atoms with Crippen molar-refractivity contribution in [2.24, 2.45) is 5.92 Å². The fourth-order valence-electron chi connectivity index (χ4n) is 4.58. The van der Waals surface area contributed by atoms with E-state index >= 15 is 0 Å². The summed E-state index contributed by atoms with van der Waals surface area (Å²) in [6.07, 6.45) is 0.974. The van der Waals surface area contributed by atoms with Gasteiger partial charge in [0, 0.05) is 71.2 Å². The summed E-state index contributed by atoms with van der Waals surface area (Å²) in [6, 6.07) is 6.44. The van der Waals surface area contributed by atoms with E-state index in [4.69, 9.17) is 9.15 Å². The highest BCUT2D eigenvalue weighted by molar-refractivity contribution is 5.92. The summed E-state index contributed by atoms with van der Waals surface area (Å²) < 4.78 is 24.3. The number of anilines is 1. The molecule has 0 unspecified atom stereocenters. The van der Waals surface area contributed by atoms with Crippen LogP contribution in [-0.2, 0) is 11.3 Å². The van der Waals surface area contributed by atoms with Gasteiger partial charge in [0.15, 0.2) is 5.69 Å². The lowest BCUT2D eigenvalue weighted by atomic mass is 10.2. The maximum atomic E-state index is 13.2. The minimum absolute atomic E-state index is 0.123. The van der Waals surface area contributed by atoms with E-state index < -0.39 is 6.10 Å². The Kier molecular flexibility index (Phi) is 9.30. The number of ether oxygens (including phenoxy) is 1. The summed E-state index contributed by atoms with van der Waals surface area (Å²) in [4.78, 5) is 25.8. The number of amides is 1. The normalized spacial score (nSPS) is 18.7. The number of hydrogen-bond donors (Lipinski definition) is 1. The predicted molar refractivity (Wildman–Crippen MR) is 134 cm³/mol. The molecule has 2 saturated heterocycles. The van der Waals surface area contributed by atoms with E-state index in [0.29, 0.717) is 70.0 Å². The highest BCUT2D eigenvalue weighted by Crippen LogP contribution is 2.18. The molecule has 36 heavy (non-hydrogen) atoms. The van der Waals surface area contributed by atoms with Crippen LogP contribution in [0.2, 0.25) is 0 Å². The monoisotopic (exact) mass is 503 g/mol. The number of β-amino-alcohol motifs (C(OH)–C–C–N with tert-alkyl or cyclic N) is 1. The molecule has 1 aromatic heterocycles. The molecule has 2 fully saturated rings. The lowest BCUT2D eigenvalue weighted by Crippen LogP contribution is -2.49. The molecule has 4 rings (SSSR count). The topological polar surface area (TPSA) is 85.5 Å². The van der Waals surface area contributed by atoms with Gasteiger partial charge in [-0.25, -0.2) is 9.37 Å². The van der Waals surface area contributed by atoms with Crippen molar-refractivity contribution in [2.45, 2.75) is 26.5 Å². The Morgan fingerprint density at radius 1 is 1.03 bits per heavy atom. The molecule has 3 heterocycles. The molecule has 1 amide bonds. The van der Waals surface area contributed by atoms with Crippen molar-refractivity contribution in [3.8, 4) is 0 Å². The molecule has 2 aliphatic rings. The number of aliphatic hydroxyl groups excluding tert-OH is 1. The fourth-order valence-corrected chi connectivity index (χ4v) is 4.58. The Morgan fingerprint density at radius 2 is 1.69 bits per heavy atom. The second-order valence-electron chi connectivity index (χ2n) is 10.0. The molecule has 9 nitrogen and oxygen atoms in total. The number of benzene rings is 1. The summed E-state index contributed by atoms with van der Waals surface area (Å²) >= 11 is 0. The number of carbonyl (C=O) groups is 1. The van der Waals surface area contributed by atoms with Crippen molar-refractivity contribution in [2.75, 3.05) is 77.0 Å². The van der Waals surface area contributed by atoms with Crippen LogP contribution in [0.15, 0.2) is 34.9 Å². The van der Waals surface area contributed by atoms with Gasteiger partial charge in [-0.2, -0.15) is 0 Å². The molecule has 0 spiro atoms. The molecular formula is C26H38FN5O4. The molecule has 0 bridgehead atoms. The van der Waals surface area contributed by atoms with Gasteiger partial charge in [0.05, 0.1) is 19.3 Å². The van der Waals surface area contributed by atoms with Crippen molar-refractivity contribution in [3.05, 3.63) is 47.9 Å². The molecule has 2 aromatic rings. The van der Waals surface area contributed by atoms with E-state index in [-0.39, 0.29) is 11.7 Å². The third-order valence-corrected chi connectivity index (χ3v) is 6.58. The Bertz CT molecular complexity index is 953. The van der Waals surface area contributed by atoms with Gasteiger partial charge in [0.25, 0.3) is 5.91 Å². The Hall–Kier alpha value is -2.53. The standard InChI is InChI=1S/C26H38FN5O4/c1-20(2)17-35-18-23(33)15-29-7-9-30(10-8-29)16-25-28-24(19-36-25)26(34)32-13-11-31(12-14-32)22-5-3-21(27)4-6-22/h3-6,19-20,23,33H,7-18H2,1-2H3/t23-/m0/s1. The van der Waals surface area contributed by atoms with Gasteiger partial charge in [0.2, 0.25) is 5.89 Å². The maximum absolute atomic E-state index is 13.2. The highest BCUT2D eigenvalue weighted by Gasteiger charge is 2.26.